The number of aromatic nitrogens is 4. The topological polar surface area (TPSA) is 60.0 Å². The second kappa shape index (κ2) is 7.74. The Kier molecular flexibility index (Phi) is 4.69. The lowest BCUT2D eigenvalue weighted by Crippen LogP contribution is -2.31. The fourth-order valence-corrected chi connectivity index (χ4v) is 4.76. The smallest absolute Gasteiger partial charge is 0.172 e. The standard InChI is InChI=1S/C26H22ClN5O/c1-16-14-23(28-26-24(16)17(2)29-32(26)20-6-4-3-5-7-20)31-13-12-22-21(15-31)25(33-30-22)18-8-10-19(27)11-9-18/h3-11,14H,12-13,15H2,1-2H3. The molecule has 33 heavy (non-hydrogen) atoms. The minimum Gasteiger partial charge on any atom is -0.356 e. The highest BCUT2D eigenvalue weighted by atomic mass is 35.5. The van der Waals surface area contributed by atoms with Crippen LogP contribution in [0.3, 0.4) is 0 Å². The van der Waals surface area contributed by atoms with Gasteiger partial charge in [0.15, 0.2) is 11.4 Å². The van der Waals surface area contributed by atoms with Crippen molar-refractivity contribution in [3.05, 3.63) is 88.2 Å². The van der Waals surface area contributed by atoms with Gasteiger partial charge in [0.1, 0.15) is 5.82 Å². The molecule has 0 saturated heterocycles. The summed E-state index contributed by atoms with van der Waals surface area (Å²) >= 11 is 6.07. The molecule has 6 nitrogen and oxygen atoms in total. The van der Waals surface area contributed by atoms with Crippen molar-refractivity contribution in [1.29, 1.82) is 0 Å². The first-order valence-electron chi connectivity index (χ1n) is 11.0. The normalized spacial score (nSPS) is 13.5. The van der Waals surface area contributed by atoms with E-state index in [1.807, 2.05) is 54.1 Å². The molecule has 6 rings (SSSR count). The maximum Gasteiger partial charge on any atom is 0.172 e. The number of para-hydroxylation sites is 1. The Balaban J connectivity index is 1.42. The zero-order valence-corrected chi connectivity index (χ0v) is 19.2. The van der Waals surface area contributed by atoms with Crippen LogP contribution in [0.5, 0.6) is 0 Å². The van der Waals surface area contributed by atoms with Crippen molar-refractivity contribution in [2.75, 3.05) is 11.4 Å². The van der Waals surface area contributed by atoms with Crippen molar-refractivity contribution >= 4 is 28.5 Å². The highest BCUT2D eigenvalue weighted by molar-refractivity contribution is 6.30. The maximum atomic E-state index is 6.07. The third kappa shape index (κ3) is 3.38. The van der Waals surface area contributed by atoms with Gasteiger partial charge in [0.05, 0.1) is 23.6 Å². The second-order valence-electron chi connectivity index (χ2n) is 8.44. The van der Waals surface area contributed by atoms with E-state index >= 15 is 0 Å². The molecule has 0 unspecified atom stereocenters. The molecule has 5 aromatic rings. The average molecular weight is 456 g/mol. The number of halogens is 1. The third-order valence-corrected chi connectivity index (χ3v) is 6.52. The summed E-state index contributed by atoms with van der Waals surface area (Å²) in [5.41, 5.74) is 7.13. The predicted molar refractivity (Wildman–Crippen MR) is 130 cm³/mol. The highest BCUT2D eigenvalue weighted by Crippen LogP contribution is 2.34. The monoisotopic (exact) mass is 455 g/mol. The quantitative estimate of drug-likeness (QED) is 0.338. The molecule has 0 atom stereocenters. The van der Waals surface area contributed by atoms with Gasteiger partial charge in [-0.2, -0.15) is 5.10 Å². The van der Waals surface area contributed by atoms with E-state index in [2.05, 4.69) is 35.2 Å². The summed E-state index contributed by atoms with van der Waals surface area (Å²) in [7, 11) is 0. The van der Waals surface area contributed by atoms with Gasteiger partial charge in [0.25, 0.3) is 0 Å². The van der Waals surface area contributed by atoms with E-state index in [0.717, 1.165) is 63.8 Å². The van der Waals surface area contributed by atoms with Gasteiger partial charge in [-0.05, 0) is 61.9 Å². The van der Waals surface area contributed by atoms with Crippen molar-refractivity contribution in [2.45, 2.75) is 26.8 Å². The van der Waals surface area contributed by atoms with Crippen LogP contribution in [-0.4, -0.2) is 26.5 Å². The Hall–Kier alpha value is -3.64. The van der Waals surface area contributed by atoms with Crippen LogP contribution in [0.1, 0.15) is 22.5 Å². The molecule has 3 aromatic heterocycles. The molecule has 7 heteroatoms. The molecule has 0 amide bonds. The lowest BCUT2D eigenvalue weighted by Gasteiger charge is -2.28. The number of hydrogen-bond acceptors (Lipinski definition) is 5. The van der Waals surface area contributed by atoms with Gasteiger partial charge in [-0.3, -0.25) is 0 Å². The van der Waals surface area contributed by atoms with E-state index in [1.54, 1.807) is 0 Å². The number of rotatable bonds is 3. The van der Waals surface area contributed by atoms with Crippen molar-refractivity contribution in [2.24, 2.45) is 0 Å². The Labute approximate surface area is 196 Å². The fourth-order valence-electron chi connectivity index (χ4n) is 4.63. The number of nitrogens with zero attached hydrogens (tertiary/aromatic N) is 5. The summed E-state index contributed by atoms with van der Waals surface area (Å²) in [5.74, 6) is 1.74. The van der Waals surface area contributed by atoms with Gasteiger partial charge in [-0.1, -0.05) is 35.0 Å². The van der Waals surface area contributed by atoms with Gasteiger partial charge in [0.2, 0.25) is 0 Å². The predicted octanol–water partition coefficient (Wildman–Crippen LogP) is 5.91. The van der Waals surface area contributed by atoms with E-state index < -0.39 is 0 Å². The molecule has 1 aliphatic rings. The first-order chi connectivity index (χ1) is 16.1. The number of fused-ring (bicyclic) bond motifs is 2. The molecule has 0 spiro atoms. The van der Waals surface area contributed by atoms with Gasteiger partial charge in [0, 0.05) is 34.5 Å². The molecule has 0 aliphatic carbocycles. The SMILES string of the molecule is Cc1cc(N2CCc3noc(-c4ccc(Cl)cc4)c3C2)nc2c1c(C)nn2-c1ccccc1. The minimum absolute atomic E-state index is 0.688. The second-order valence-corrected chi connectivity index (χ2v) is 8.88. The molecule has 164 valence electrons. The Morgan fingerprint density at radius 2 is 1.79 bits per heavy atom. The van der Waals surface area contributed by atoms with Crippen LogP contribution in [0.25, 0.3) is 28.0 Å². The zero-order chi connectivity index (χ0) is 22.5. The van der Waals surface area contributed by atoms with Crippen molar-refractivity contribution < 1.29 is 4.52 Å². The zero-order valence-electron chi connectivity index (χ0n) is 18.4. The molecule has 1 aliphatic heterocycles. The molecule has 0 bridgehead atoms. The van der Waals surface area contributed by atoms with Crippen molar-refractivity contribution in [3.8, 4) is 17.0 Å². The van der Waals surface area contributed by atoms with Crippen LogP contribution >= 0.6 is 11.6 Å². The lowest BCUT2D eigenvalue weighted by molar-refractivity contribution is 0.424. The average Bonchev–Trinajstić information content (AvgIpc) is 3.41. The number of pyridine rings is 1. The number of anilines is 1. The van der Waals surface area contributed by atoms with Crippen LogP contribution in [0.4, 0.5) is 5.82 Å². The van der Waals surface area contributed by atoms with Crippen LogP contribution in [0.2, 0.25) is 5.02 Å². The van der Waals surface area contributed by atoms with Gasteiger partial charge < -0.3 is 9.42 Å². The molecular weight excluding hydrogens is 434 g/mol. The van der Waals surface area contributed by atoms with E-state index in [0.29, 0.717) is 11.6 Å². The molecular formula is C26H22ClN5O. The summed E-state index contributed by atoms with van der Waals surface area (Å²) in [6.45, 7) is 5.69. The number of hydrogen-bond donors (Lipinski definition) is 0. The highest BCUT2D eigenvalue weighted by Gasteiger charge is 2.26. The van der Waals surface area contributed by atoms with Crippen LogP contribution in [0.15, 0.2) is 65.2 Å². The summed E-state index contributed by atoms with van der Waals surface area (Å²) in [5, 5.41) is 10.9. The largest absolute Gasteiger partial charge is 0.356 e. The van der Waals surface area contributed by atoms with E-state index in [9.17, 15) is 0 Å². The Bertz CT molecular complexity index is 1470. The molecule has 0 saturated carbocycles. The first kappa shape index (κ1) is 20.0. The molecule has 0 N–H and O–H groups in total. The maximum absolute atomic E-state index is 6.07. The van der Waals surface area contributed by atoms with Gasteiger partial charge in [-0.15, -0.1) is 0 Å². The summed E-state index contributed by atoms with van der Waals surface area (Å²) < 4.78 is 7.69. The van der Waals surface area contributed by atoms with Crippen molar-refractivity contribution in [3.63, 3.8) is 0 Å². The molecule has 0 fully saturated rings. The van der Waals surface area contributed by atoms with Crippen molar-refractivity contribution in [1.82, 2.24) is 19.9 Å². The van der Waals surface area contributed by atoms with Gasteiger partial charge >= 0.3 is 0 Å². The summed E-state index contributed by atoms with van der Waals surface area (Å²) in [4.78, 5) is 7.38. The third-order valence-electron chi connectivity index (χ3n) is 6.26. The Morgan fingerprint density at radius 1 is 1.00 bits per heavy atom. The Morgan fingerprint density at radius 3 is 2.58 bits per heavy atom. The summed E-state index contributed by atoms with van der Waals surface area (Å²) in [6, 6.07) is 20.0. The fraction of sp³-hybridized carbons (Fsp3) is 0.192. The van der Waals surface area contributed by atoms with Gasteiger partial charge in [-0.25, -0.2) is 9.67 Å². The summed E-state index contributed by atoms with van der Waals surface area (Å²) in [6.07, 6.45) is 0.808. The first-order valence-corrected chi connectivity index (χ1v) is 11.4. The van der Waals surface area contributed by atoms with E-state index in [4.69, 9.17) is 26.2 Å². The van der Waals surface area contributed by atoms with E-state index in [-0.39, 0.29) is 0 Å². The van der Waals surface area contributed by atoms with Crippen LogP contribution in [0, 0.1) is 13.8 Å². The minimum atomic E-state index is 0.688. The molecule has 0 radical (unpaired) electrons. The van der Waals surface area contributed by atoms with Crippen LogP contribution < -0.4 is 4.90 Å². The van der Waals surface area contributed by atoms with Crippen LogP contribution in [-0.2, 0) is 13.0 Å². The van der Waals surface area contributed by atoms with E-state index in [1.165, 1.54) is 5.56 Å². The molecule has 4 heterocycles. The number of aryl methyl sites for hydroxylation is 2. The lowest BCUT2D eigenvalue weighted by atomic mass is 10.0. The number of benzene rings is 2. The molecule has 2 aromatic carbocycles.